The van der Waals surface area contributed by atoms with Crippen LogP contribution in [0.15, 0.2) is 34.8 Å². The smallest absolute Gasteiger partial charge is 0.196 e. The van der Waals surface area contributed by atoms with Crippen LogP contribution in [0.2, 0.25) is 5.02 Å². The molecule has 0 atom stereocenters. The third-order valence-corrected chi connectivity index (χ3v) is 4.04. The second-order valence-electron chi connectivity index (χ2n) is 4.61. The number of ether oxygens (including phenoxy) is 1. The first kappa shape index (κ1) is 13.5. The van der Waals surface area contributed by atoms with Gasteiger partial charge in [0.05, 0.1) is 22.9 Å². The van der Waals surface area contributed by atoms with E-state index in [9.17, 15) is 4.79 Å². The highest BCUT2D eigenvalue weighted by atomic mass is 79.9. The van der Waals surface area contributed by atoms with Gasteiger partial charge in [0.2, 0.25) is 0 Å². The first-order valence-electron chi connectivity index (χ1n) is 6.11. The fourth-order valence-corrected chi connectivity index (χ4v) is 2.95. The lowest BCUT2D eigenvalue weighted by molar-refractivity contribution is 0.103. The molecule has 1 aliphatic rings. The summed E-state index contributed by atoms with van der Waals surface area (Å²) in [7, 11) is 0. The summed E-state index contributed by atoms with van der Waals surface area (Å²) in [4.78, 5) is 12.6. The molecule has 0 spiro atoms. The molecule has 3 nitrogen and oxygen atoms in total. The van der Waals surface area contributed by atoms with Crippen LogP contribution in [0.5, 0.6) is 5.75 Å². The van der Waals surface area contributed by atoms with Crippen molar-refractivity contribution in [2.45, 2.75) is 6.42 Å². The van der Waals surface area contributed by atoms with Crippen molar-refractivity contribution in [2.75, 3.05) is 12.3 Å². The first-order chi connectivity index (χ1) is 9.56. The zero-order valence-corrected chi connectivity index (χ0v) is 12.8. The molecule has 0 saturated carbocycles. The van der Waals surface area contributed by atoms with Crippen molar-refractivity contribution in [3.63, 3.8) is 0 Å². The van der Waals surface area contributed by atoms with Crippen LogP contribution < -0.4 is 10.5 Å². The number of nitrogens with two attached hydrogens (primary N) is 1. The third-order valence-electron chi connectivity index (χ3n) is 3.26. The summed E-state index contributed by atoms with van der Waals surface area (Å²) in [5, 5.41) is 0.378. The van der Waals surface area contributed by atoms with Crippen molar-refractivity contribution < 1.29 is 9.53 Å². The molecule has 5 heteroatoms. The lowest BCUT2D eigenvalue weighted by Gasteiger charge is -2.09. The number of ketones is 1. The summed E-state index contributed by atoms with van der Waals surface area (Å²) in [5.41, 5.74) is 8.22. The summed E-state index contributed by atoms with van der Waals surface area (Å²) in [5.74, 6) is 0.553. The van der Waals surface area contributed by atoms with Crippen LogP contribution in [-0.2, 0) is 6.42 Å². The van der Waals surface area contributed by atoms with Gasteiger partial charge in [0.15, 0.2) is 5.78 Å². The Bertz CT molecular complexity index is 715. The van der Waals surface area contributed by atoms with E-state index in [4.69, 9.17) is 22.1 Å². The zero-order chi connectivity index (χ0) is 14.3. The molecule has 0 unspecified atom stereocenters. The number of rotatable bonds is 2. The minimum absolute atomic E-state index is 0.119. The van der Waals surface area contributed by atoms with E-state index < -0.39 is 0 Å². The van der Waals surface area contributed by atoms with Crippen LogP contribution >= 0.6 is 27.5 Å². The van der Waals surface area contributed by atoms with Crippen LogP contribution in [0.1, 0.15) is 21.5 Å². The van der Waals surface area contributed by atoms with Gasteiger partial charge >= 0.3 is 0 Å². The number of benzene rings is 2. The predicted octanol–water partition coefficient (Wildman–Crippen LogP) is 3.85. The van der Waals surface area contributed by atoms with Gasteiger partial charge in [0.25, 0.3) is 0 Å². The van der Waals surface area contributed by atoms with Gasteiger partial charge in [0.1, 0.15) is 5.75 Å². The summed E-state index contributed by atoms with van der Waals surface area (Å²) in [6.07, 6.45) is 0.817. The minimum Gasteiger partial charge on any atom is -0.492 e. The first-order valence-corrected chi connectivity index (χ1v) is 7.28. The number of fused-ring (bicyclic) bond motifs is 1. The van der Waals surface area contributed by atoms with Crippen molar-refractivity contribution in [1.82, 2.24) is 0 Å². The Hall–Kier alpha value is -1.52. The highest BCUT2D eigenvalue weighted by Crippen LogP contribution is 2.34. The molecule has 0 radical (unpaired) electrons. The molecule has 3 rings (SSSR count). The summed E-state index contributed by atoms with van der Waals surface area (Å²) >= 11 is 9.41. The van der Waals surface area contributed by atoms with Gasteiger partial charge < -0.3 is 10.5 Å². The Morgan fingerprint density at radius 2 is 2.10 bits per heavy atom. The molecule has 2 aromatic carbocycles. The van der Waals surface area contributed by atoms with E-state index in [1.54, 1.807) is 24.3 Å². The largest absolute Gasteiger partial charge is 0.492 e. The fourth-order valence-electron chi connectivity index (χ4n) is 2.26. The maximum absolute atomic E-state index is 12.6. The van der Waals surface area contributed by atoms with Gasteiger partial charge in [-0.3, -0.25) is 4.79 Å². The number of halogens is 2. The molecule has 0 aromatic heterocycles. The number of hydrogen-bond acceptors (Lipinski definition) is 3. The van der Waals surface area contributed by atoms with Gasteiger partial charge in [-0.15, -0.1) is 0 Å². The Labute approximate surface area is 129 Å². The molecule has 0 bridgehead atoms. The monoisotopic (exact) mass is 351 g/mol. The summed E-state index contributed by atoms with van der Waals surface area (Å²) in [6, 6.07) is 8.65. The predicted molar refractivity (Wildman–Crippen MR) is 82.6 cm³/mol. The SMILES string of the molecule is Nc1ccc(C(=O)c2cc(Br)cc3c2OCC3)cc1Cl. The van der Waals surface area contributed by atoms with E-state index in [2.05, 4.69) is 15.9 Å². The average Bonchev–Trinajstić information content (AvgIpc) is 2.88. The second-order valence-corrected chi connectivity index (χ2v) is 5.93. The van der Waals surface area contributed by atoms with E-state index in [1.807, 2.05) is 6.07 Å². The lowest BCUT2D eigenvalue weighted by Crippen LogP contribution is -2.04. The Morgan fingerprint density at radius 3 is 2.85 bits per heavy atom. The van der Waals surface area contributed by atoms with Crippen LogP contribution in [0.3, 0.4) is 0 Å². The number of hydrogen-bond donors (Lipinski definition) is 1. The second kappa shape index (κ2) is 5.11. The van der Waals surface area contributed by atoms with Crippen LogP contribution in [0.25, 0.3) is 0 Å². The number of anilines is 1. The van der Waals surface area contributed by atoms with E-state index in [0.717, 1.165) is 16.5 Å². The van der Waals surface area contributed by atoms with Gasteiger partial charge in [-0.25, -0.2) is 0 Å². The summed E-state index contributed by atoms with van der Waals surface area (Å²) in [6.45, 7) is 0.606. The van der Waals surface area contributed by atoms with E-state index in [0.29, 0.717) is 34.2 Å². The minimum atomic E-state index is -0.119. The maximum atomic E-state index is 12.6. The van der Waals surface area contributed by atoms with Gasteiger partial charge in [0, 0.05) is 16.5 Å². The molecule has 0 fully saturated rings. The Balaban J connectivity index is 2.09. The van der Waals surface area contributed by atoms with Crippen LogP contribution in [0.4, 0.5) is 5.69 Å². The highest BCUT2D eigenvalue weighted by molar-refractivity contribution is 9.10. The normalized spacial score (nSPS) is 12.9. The molecule has 0 amide bonds. The van der Waals surface area contributed by atoms with E-state index in [1.165, 1.54) is 0 Å². The average molecular weight is 353 g/mol. The Morgan fingerprint density at radius 1 is 1.30 bits per heavy atom. The van der Waals surface area contributed by atoms with Crippen molar-refractivity contribution in [3.8, 4) is 5.75 Å². The molecule has 2 N–H and O–H groups in total. The molecule has 102 valence electrons. The zero-order valence-electron chi connectivity index (χ0n) is 10.5. The van der Waals surface area contributed by atoms with E-state index >= 15 is 0 Å². The molecule has 0 saturated heterocycles. The number of carbonyl (C=O) groups is 1. The fraction of sp³-hybridized carbons (Fsp3) is 0.133. The highest BCUT2D eigenvalue weighted by Gasteiger charge is 2.23. The number of carbonyl (C=O) groups excluding carboxylic acids is 1. The molecule has 20 heavy (non-hydrogen) atoms. The standard InChI is InChI=1S/C15H11BrClNO2/c16-10-5-9-3-4-20-15(9)11(7-10)14(19)8-1-2-13(18)12(17)6-8/h1-2,5-7H,3-4,18H2. The van der Waals surface area contributed by atoms with Crippen LogP contribution in [-0.4, -0.2) is 12.4 Å². The third kappa shape index (κ3) is 2.30. The molecular weight excluding hydrogens is 342 g/mol. The maximum Gasteiger partial charge on any atom is 0.196 e. The number of nitrogen functional groups attached to an aromatic ring is 1. The Kier molecular flexibility index (Phi) is 3.44. The molecule has 1 heterocycles. The quantitative estimate of drug-likeness (QED) is 0.660. The van der Waals surface area contributed by atoms with Crippen LogP contribution in [0, 0.1) is 0 Å². The van der Waals surface area contributed by atoms with Gasteiger partial charge in [-0.2, -0.15) is 0 Å². The van der Waals surface area contributed by atoms with Crippen molar-refractivity contribution >= 4 is 39.0 Å². The van der Waals surface area contributed by atoms with Gasteiger partial charge in [-0.1, -0.05) is 27.5 Å². The molecular formula is C15H11BrClNO2. The molecule has 1 aliphatic heterocycles. The summed E-state index contributed by atoms with van der Waals surface area (Å²) < 4.78 is 6.45. The lowest BCUT2D eigenvalue weighted by atomic mass is 9.99. The molecule has 0 aliphatic carbocycles. The van der Waals surface area contributed by atoms with Crippen molar-refractivity contribution in [1.29, 1.82) is 0 Å². The van der Waals surface area contributed by atoms with Crippen molar-refractivity contribution in [3.05, 3.63) is 56.5 Å². The molecule has 2 aromatic rings. The van der Waals surface area contributed by atoms with Crippen molar-refractivity contribution in [2.24, 2.45) is 0 Å². The van der Waals surface area contributed by atoms with E-state index in [-0.39, 0.29) is 5.78 Å². The van der Waals surface area contributed by atoms with Gasteiger partial charge in [-0.05, 0) is 35.9 Å². The topological polar surface area (TPSA) is 52.3 Å².